The summed E-state index contributed by atoms with van der Waals surface area (Å²) in [5.74, 6) is 1.09. The van der Waals surface area contributed by atoms with Crippen LogP contribution < -0.4 is 5.73 Å². The third-order valence-corrected chi connectivity index (χ3v) is 3.99. The highest BCUT2D eigenvalue weighted by Crippen LogP contribution is 2.32. The summed E-state index contributed by atoms with van der Waals surface area (Å²) in [6.45, 7) is 0. The molecule has 2 aromatic rings. The van der Waals surface area contributed by atoms with Gasteiger partial charge < -0.3 is 10.3 Å². The van der Waals surface area contributed by atoms with E-state index in [2.05, 4.69) is 10.1 Å². The number of nitrogens with zero attached hydrogens (tertiary/aromatic N) is 2. The Morgan fingerprint density at radius 3 is 2.55 bits per heavy atom. The van der Waals surface area contributed by atoms with E-state index in [1.165, 1.54) is 31.4 Å². The Bertz CT molecular complexity index is 561. The van der Waals surface area contributed by atoms with Crippen molar-refractivity contribution in [2.45, 2.75) is 38.1 Å². The van der Waals surface area contributed by atoms with E-state index >= 15 is 0 Å². The SMILES string of the molecule is NC(c1nc(-c2ccc(F)cc2)no1)C1CCCCC1. The molecule has 0 radical (unpaired) electrons. The van der Waals surface area contributed by atoms with Gasteiger partial charge in [-0.05, 0) is 43.0 Å². The average Bonchev–Trinajstić information content (AvgIpc) is 2.98. The Kier molecular flexibility index (Phi) is 3.78. The van der Waals surface area contributed by atoms with Crippen LogP contribution in [0.15, 0.2) is 28.8 Å². The van der Waals surface area contributed by atoms with Crippen LogP contribution in [-0.2, 0) is 0 Å². The lowest BCUT2D eigenvalue weighted by Gasteiger charge is -2.24. The predicted octanol–water partition coefficient (Wildman–Crippen LogP) is 3.46. The van der Waals surface area contributed by atoms with Crippen molar-refractivity contribution in [3.8, 4) is 11.4 Å². The summed E-state index contributed by atoms with van der Waals surface area (Å²) in [5.41, 5.74) is 6.96. The third kappa shape index (κ3) is 2.72. The van der Waals surface area contributed by atoms with Crippen molar-refractivity contribution in [1.29, 1.82) is 0 Å². The summed E-state index contributed by atoms with van der Waals surface area (Å²) >= 11 is 0. The Hall–Kier alpha value is -1.75. The van der Waals surface area contributed by atoms with Gasteiger partial charge in [0.05, 0.1) is 6.04 Å². The van der Waals surface area contributed by atoms with Gasteiger partial charge in [-0.15, -0.1) is 0 Å². The van der Waals surface area contributed by atoms with Gasteiger partial charge in [0, 0.05) is 5.56 Å². The van der Waals surface area contributed by atoms with Crippen LogP contribution in [0.25, 0.3) is 11.4 Å². The lowest BCUT2D eigenvalue weighted by atomic mass is 9.84. The maximum atomic E-state index is 12.9. The smallest absolute Gasteiger partial charge is 0.244 e. The monoisotopic (exact) mass is 275 g/mol. The Balaban J connectivity index is 1.77. The zero-order valence-electron chi connectivity index (χ0n) is 11.3. The maximum absolute atomic E-state index is 12.9. The van der Waals surface area contributed by atoms with E-state index in [1.807, 2.05) is 0 Å². The molecule has 3 rings (SSSR count). The van der Waals surface area contributed by atoms with Gasteiger partial charge in [0.25, 0.3) is 0 Å². The van der Waals surface area contributed by atoms with Gasteiger partial charge in [0.1, 0.15) is 5.82 Å². The molecule has 1 atom stereocenters. The molecule has 0 spiro atoms. The molecule has 1 fully saturated rings. The van der Waals surface area contributed by atoms with Crippen molar-refractivity contribution < 1.29 is 8.91 Å². The van der Waals surface area contributed by atoms with Crippen molar-refractivity contribution in [2.75, 3.05) is 0 Å². The van der Waals surface area contributed by atoms with Gasteiger partial charge in [-0.25, -0.2) is 4.39 Å². The lowest BCUT2D eigenvalue weighted by molar-refractivity contribution is 0.255. The van der Waals surface area contributed by atoms with E-state index in [9.17, 15) is 4.39 Å². The van der Waals surface area contributed by atoms with E-state index in [0.717, 1.165) is 18.4 Å². The van der Waals surface area contributed by atoms with Crippen molar-refractivity contribution in [1.82, 2.24) is 10.1 Å². The highest BCUT2D eigenvalue weighted by atomic mass is 19.1. The minimum absolute atomic E-state index is 0.197. The van der Waals surface area contributed by atoms with Gasteiger partial charge in [0.2, 0.25) is 11.7 Å². The Morgan fingerprint density at radius 1 is 1.15 bits per heavy atom. The fraction of sp³-hybridized carbons (Fsp3) is 0.467. The highest BCUT2D eigenvalue weighted by molar-refractivity contribution is 5.53. The number of halogens is 1. The molecule has 1 unspecified atom stereocenters. The molecule has 1 aromatic heterocycles. The first-order valence-corrected chi connectivity index (χ1v) is 7.09. The van der Waals surface area contributed by atoms with Gasteiger partial charge in [-0.2, -0.15) is 4.98 Å². The molecule has 0 aliphatic heterocycles. The average molecular weight is 275 g/mol. The molecule has 5 heteroatoms. The van der Waals surface area contributed by atoms with Crippen molar-refractivity contribution >= 4 is 0 Å². The fourth-order valence-corrected chi connectivity index (χ4v) is 2.78. The maximum Gasteiger partial charge on any atom is 0.244 e. The number of aromatic nitrogens is 2. The second-order valence-electron chi connectivity index (χ2n) is 5.39. The number of hydrogen-bond acceptors (Lipinski definition) is 4. The van der Waals surface area contributed by atoms with Gasteiger partial charge in [0.15, 0.2) is 0 Å². The molecule has 1 aromatic carbocycles. The topological polar surface area (TPSA) is 64.9 Å². The van der Waals surface area contributed by atoms with Gasteiger partial charge >= 0.3 is 0 Å². The van der Waals surface area contributed by atoms with Crippen LogP contribution in [0.5, 0.6) is 0 Å². The molecule has 106 valence electrons. The van der Waals surface area contributed by atoms with Crippen LogP contribution in [0.1, 0.15) is 44.0 Å². The van der Waals surface area contributed by atoms with Gasteiger partial charge in [-0.3, -0.25) is 0 Å². The molecule has 4 nitrogen and oxygen atoms in total. The highest BCUT2D eigenvalue weighted by Gasteiger charge is 2.26. The number of hydrogen-bond donors (Lipinski definition) is 1. The van der Waals surface area contributed by atoms with Crippen LogP contribution in [0.2, 0.25) is 0 Å². The zero-order valence-corrected chi connectivity index (χ0v) is 11.3. The van der Waals surface area contributed by atoms with Crippen LogP contribution in [-0.4, -0.2) is 10.1 Å². The summed E-state index contributed by atoms with van der Waals surface area (Å²) in [6, 6.07) is 5.84. The second-order valence-corrected chi connectivity index (χ2v) is 5.39. The Morgan fingerprint density at radius 2 is 1.85 bits per heavy atom. The molecule has 20 heavy (non-hydrogen) atoms. The minimum Gasteiger partial charge on any atom is -0.337 e. The first kappa shape index (κ1) is 13.2. The standard InChI is InChI=1S/C15H18FN3O/c16-12-8-6-11(7-9-12)14-18-15(20-19-14)13(17)10-4-2-1-3-5-10/h6-10,13H,1-5,17H2. The second kappa shape index (κ2) is 5.71. The molecule has 1 saturated carbocycles. The summed E-state index contributed by atoms with van der Waals surface area (Å²) in [4.78, 5) is 4.36. The minimum atomic E-state index is -0.281. The van der Waals surface area contributed by atoms with E-state index in [0.29, 0.717) is 17.6 Å². The first-order chi connectivity index (χ1) is 9.74. The van der Waals surface area contributed by atoms with Crippen molar-refractivity contribution in [2.24, 2.45) is 11.7 Å². The normalized spacial score (nSPS) is 18.1. The van der Waals surface area contributed by atoms with Crippen LogP contribution in [0, 0.1) is 11.7 Å². The molecular formula is C15H18FN3O. The van der Waals surface area contributed by atoms with E-state index in [1.54, 1.807) is 12.1 Å². The largest absolute Gasteiger partial charge is 0.337 e. The number of nitrogens with two attached hydrogens (primary N) is 1. The van der Waals surface area contributed by atoms with Crippen LogP contribution in [0.4, 0.5) is 4.39 Å². The van der Waals surface area contributed by atoms with Crippen molar-refractivity contribution in [3.05, 3.63) is 36.0 Å². The molecule has 0 bridgehead atoms. The predicted molar refractivity (Wildman–Crippen MR) is 73.2 cm³/mol. The quantitative estimate of drug-likeness (QED) is 0.931. The number of rotatable bonds is 3. The van der Waals surface area contributed by atoms with Gasteiger partial charge in [-0.1, -0.05) is 24.4 Å². The molecule has 1 aliphatic carbocycles. The summed E-state index contributed by atoms with van der Waals surface area (Å²) in [6.07, 6.45) is 5.97. The summed E-state index contributed by atoms with van der Waals surface area (Å²) in [5, 5.41) is 3.94. The molecule has 1 aliphatic rings. The summed E-state index contributed by atoms with van der Waals surface area (Å²) < 4.78 is 18.2. The Labute approximate surface area is 117 Å². The van der Waals surface area contributed by atoms with E-state index in [4.69, 9.17) is 10.3 Å². The molecule has 0 amide bonds. The first-order valence-electron chi connectivity index (χ1n) is 7.09. The molecule has 2 N–H and O–H groups in total. The molecule has 0 saturated heterocycles. The zero-order chi connectivity index (χ0) is 13.9. The lowest BCUT2D eigenvalue weighted by Crippen LogP contribution is -2.23. The molecular weight excluding hydrogens is 257 g/mol. The fourth-order valence-electron chi connectivity index (χ4n) is 2.78. The van der Waals surface area contributed by atoms with Crippen molar-refractivity contribution in [3.63, 3.8) is 0 Å². The summed E-state index contributed by atoms with van der Waals surface area (Å²) in [7, 11) is 0. The van der Waals surface area contributed by atoms with Crippen LogP contribution in [0.3, 0.4) is 0 Å². The van der Waals surface area contributed by atoms with Crippen LogP contribution >= 0.6 is 0 Å². The van der Waals surface area contributed by atoms with E-state index < -0.39 is 0 Å². The molecule has 1 heterocycles. The van der Waals surface area contributed by atoms with E-state index in [-0.39, 0.29) is 11.9 Å². The number of benzene rings is 1. The third-order valence-electron chi connectivity index (χ3n) is 3.99.